The summed E-state index contributed by atoms with van der Waals surface area (Å²) in [6, 6.07) is 0. The molecule has 0 saturated heterocycles. The fourth-order valence-corrected chi connectivity index (χ4v) is 4.68. The maximum absolute atomic E-state index is 12.6. The molecule has 0 bridgehead atoms. The zero-order valence-electron chi connectivity index (χ0n) is 15.7. The molecule has 28 heavy (non-hydrogen) atoms. The van der Waals surface area contributed by atoms with Gasteiger partial charge >= 0.3 is 11.9 Å². The van der Waals surface area contributed by atoms with Crippen LogP contribution in [-0.4, -0.2) is 21.9 Å². The van der Waals surface area contributed by atoms with Crippen LogP contribution < -0.4 is 15.1 Å². The van der Waals surface area contributed by atoms with Crippen molar-refractivity contribution >= 4 is 11.0 Å². The molecule has 8 heteroatoms. The van der Waals surface area contributed by atoms with E-state index in [4.69, 9.17) is 13.9 Å². The van der Waals surface area contributed by atoms with Gasteiger partial charge in [-0.15, -0.1) is 0 Å². The van der Waals surface area contributed by atoms with Gasteiger partial charge in [0.15, 0.2) is 11.7 Å². The van der Waals surface area contributed by atoms with Crippen LogP contribution in [0.3, 0.4) is 0 Å². The number of benzene rings is 1. The van der Waals surface area contributed by atoms with E-state index in [-0.39, 0.29) is 16.9 Å². The number of aliphatic hydroxyl groups excluding tert-OH is 1. The van der Waals surface area contributed by atoms with E-state index in [9.17, 15) is 20.0 Å². The topological polar surface area (TPSA) is 112 Å². The zero-order valence-corrected chi connectivity index (χ0v) is 15.7. The molecule has 0 radical (unpaired) electrons. The molecule has 5 rings (SSSR count). The smallest absolute Gasteiger partial charge is 0.384 e. The summed E-state index contributed by atoms with van der Waals surface area (Å²) < 4.78 is 17.5. The number of ether oxygens (including phenoxy) is 2. The van der Waals surface area contributed by atoms with E-state index >= 15 is 0 Å². The van der Waals surface area contributed by atoms with Gasteiger partial charge in [0.25, 0.3) is 0 Å². The Bertz CT molecular complexity index is 1080. The lowest BCUT2D eigenvalue weighted by molar-refractivity contribution is -0.572. The number of hydrogen-bond acceptors (Lipinski definition) is 7. The molecule has 148 valence electrons. The van der Waals surface area contributed by atoms with Gasteiger partial charge in [0.1, 0.15) is 17.1 Å². The normalized spacial score (nSPS) is 24.7. The Balaban J connectivity index is 1.91. The lowest BCUT2D eigenvalue weighted by Crippen LogP contribution is -2.33. The lowest BCUT2D eigenvalue weighted by Gasteiger charge is -2.34. The van der Waals surface area contributed by atoms with Gasteiger partial charge in [-0.2, -0.15) is 0 Å². The van der Waals surface area contributed by atoms with Crippen LogP contribution in [0.1, 0.15) is 61.5 Å². The van der Waals surface area contributed by atoms with Crippen LogP contribution in [0.15, 0.2) is 9.21 Å². The predicted molar refractivity (Wildman–Crippen MR) is 98.5 cm³/mol. The average Bonchev–Trinajstić information content (AvgIpc) is 2.99. The molecule has 0 saturated carbocycles. The van der Waals surface area contributed by atoms with Gasteiger partial charge in [0, 0.05) is 11.1 Å². The van der Waals surface area contributed by atoms with Crippen LogP contribution in [-0.2, 0) is 19.3 Å². The number of aryl methyl sites for hydroxylation is 1. The molecular formula is C20H21NO7. The molecule has 2 atom stereocenters. The molecule has 3 aliphatic rings. The summed E-state index contributed by atoms with van der Waals surface area (Å²) in [5.41, 5.74) is 1.73. The Morgan fingerprint density at radius 2 is 1.82 bits per heavy atom. The standard InChI is InChI=1S/C20H21NO7/c1-20(2)8-7-11-15-13(14(22)18(26-15)21(24)25)17-12(16(11)28-20)9-5-3-4-6-10(9)19(23)27-17/h14,18,22H,3-8H2,1-2H3/t14-,18-/m0/s1. The van der Waals surface area contributed by atoms with Gasteiger partial charge in [0.2, 0.25) is 0 Å². The first-order chi connectivity index (χ1) is 13.3. The fraction of sp³-hybridized carbons (Fsp3) is 0.550. The second-order valence-electron chi connectivity index (χ2n) is 8.41. The Morgan fingerprint density at radius 1 is 1.11 bits per heavy atom. The van der Waals surface area contributed by atoms with E-state index < -0.39 is 28.5 Å². The highest BCUT2D eigenvalue weighted by atomic mass is 16.7. The van der Waals surface area contributed by atoms with E-state index in [1.165, 1.54) is 0 Å². The first kappa shape index (κ1) is 17.5. The molecule has 1 aliphatic carbocycles. The van der Waals surface area contributed by atoms with Crippen LogP contribution in [0.4, 0.5) is 0 Å². The van der Waals surface area contributed by atoms with E-state index in [1.807, 2.05) is 13.8 Å². The first-order valence-electron chi connectivity index (χ1n) is 9.63. The number of fused-ring (bicyclic) bond motifs is 8. The van der Waals surface area contributed by atoms with Crippen LogP contribution in [0.2, 0.25) is 0 Å². The number of aliphatic hydroxyl groups is 1. The number of nitro groups is 1. The Kier molecular flexibility index (Phi) is 3.56. The van der Waals surface area contributed by atoms with Crippen LogP contribution in [0.5, 0.6) is 11.5 Å². The van der Waals surface area contributed by atoms with Gasteiger partial charge in [-0.3, -0.25) is 10.1 Å². The molecule has 8 nitrogen and oxygen atoms in total. The highest BCUT2D eigenvalue weighted by Crippen LogP contribution is 2.53. The molecule has 3 heterocycles. The van der Waals surface area contributed by atoms with Crippen molar-refractivity contribution in [3.05, 3.63) is 42.8 Å². The molecule has 0 unspecified atom stereocenters. The summed E-state index contributed by atoms with van der Waals surface area (Å²) in [7, 11) is 0. The Labute approximate surface area is 160 Å². The summed E-state index contributed by atoms with van der Waals surface area (Å²) in [6.07, 6.45) is 1.39. The van der Waals surface area contributed by atoms with Crippen LogP contribution in [0.25, 0.3) is 11.0 Å². The highest BCUT2D eigenvalue weighted by molar-refractivity contribution is 5.95. The zero-order chi connectivity index (χ0) is 19.8. The van der Waals surface area contributed by atoms with Gasteiger partial charge in [-0.25, -0.2) is 4.79 Å². The molecule has 0 fully saturated rings. The fourth-order valence-electron chi connectivity index (χ4n) is 4.68. The van der Waals surface area contributed by atoms with Crippen molar-refractivity contribution in [2.75, 3.05) is 0 Å². The third-order valence-corrected chi connectivity index (χ3v) is 6.07. The third-order valence-electron chi connectivity index (χ3n) is 6.07. The van der Waals surface area contributed by atoms with Gasteiger partial charge in [0.05, 0.1) is 15.9 Å². The molecule has 1 aromatic carbocycles. The molecule has 2 aliphatic heterocycles. The Hall–Kier alpha value is -2.61. The van der Waals surface area contributed by atoms with Crippen molar-refractivity contribution in [3.8, 4) is 11.5 Å². The predicted octanol–water partition coefficient (Wildman–Crippen LogP) is 2.80. The van der Waals surface area contributed by atoms with E-state index in [2.05, 4.69) is 0 Å². The average molecular weight is 387 g/mol. The third kappa shape index (κ3) is 2.30. The summed E-state index contributed by atoms with van der Waals surface area (Å²) >= 11 is 0. The minimum Gasteiger partial charge on any atom is -0.487 e. The van der Waals surface area contributed by atoms with Crippen LogP contribution >= 0.6 is 0 Å². The van der Waals surface area contributed by atoms with Gasteiger partial charge in [-0.1, -0.05) is 0 Å². The van der Waals surface area contributed by atoms with Crippen LogP contribution in [0, 0.1) is 10.1 Å². The largest absolute Gasteiger partial charge is 0.487 e. The van der Waals surface area contributed by atoms with E-state index in [0.29, 0.717) is 47.9 Å². The summed E-state index contributed by atoms with van der Waals surface area (Å²) in [5.74, 6) is 0.800. The molecular weight excluding hydrogens is 366 g/mol. The van der Waals surface area contributed by atoms with Crippen molar-refractivity contribution < 1.29 is 23.9 Å². The lowest BCUT2D eigenvalue weighted by atomic mass is 9.85. The van der Waals surface area contributed by atoms with Crippen molar-refractivity contribution in [1.29, 1.82) is 0 Å². The maximum Gasteiger partial charge on any atom is 0.384 e. The van der Waals surface area contributed by atoms with Crippen molar-refractivity contribution in [1.82, 2.24) is 0 Å². The molecule has 0 amide bonds. The van der Waals surface area contributed by atoms with Crippen molar-refractivity contribution in [2.24, 2.45) is 0 Å². The Morgan fingerprint density at radius 3 is 2.54 bits per heavy atom. The van der Waals surface area contributed by atoms with Gasteiger partial charge < -0.3 is 19.0 Å². The number of hydrogen-bond donors (Lipinski definition) is 1. The first-order valence-corrected chi connectivity index (χ1v) is 9.63. The van der Waals surface area contributed by atoms with Crippen molar-refractivity contribution in [2.45, 2.75) is 70.3 Å². The maximum atomic E-state index is 12.6. The molecule has 1 aromatic heterocycles. The number of rotatable bonds is 1. The minimum atomic E-state index is -1.62. The van der Waals surface area contributed by atoms with Crippen molar-refractivity contribution in [3.63, 3.8) is 0 Å². The monoisotopic (exact) mass is 387 g/mol. The second-order valence-corrected chi connectivity index (χ2v) is 8.41. The van der Waals surface area contributed by atoms with Gasteiger partial charge in [-0.05, 0) is 57.9 Å². The number of nitrogens with zero attached hydrogens (tertiary/aromatic N) is 1. The van der Waals surface area contributed by atoms with E-state index in [1.54, 1.807) is 0 Å². The minimum absolute atomic E-state index is 0.161. The summed E-state index contributed by atoms with van der Waals surface area (Å²) in [5, 5.41) is 22.7. The molecule has 1 N–H and O–H groups in total. The highest BCUT2D eigenvalue weighted by Gasteiger charge is 2.48. The summed E-state index contributed by atoms with van der Waals surface area (Å²) in [4.78, 5) is 23.4. The van der Waals surface area contributed by atoms with E-state index in [0.717, 1.165) is 18.4 Å². The molecule has 0 spiro atoms. The quantitative estimate of drug-likeness (QED) is 0.455. The molecule has 2 aromatic rings. The second kappa shape index (κ2) is 5.70. The SMILES string of the molecule is CC1(C)CCc2c3c(c4oc(=O)c5c(c4c2O1)CCCC5)[C@H](O)[C@@H]([N+](=O)[O-])O3. The summed E-state index contributed by atoms with van der Waals surface area (Å²) in [6.45, 7) is 3.96.